The van der Waals surface area contributed by atoms with Gasteiger partial charge in [-0.2, -0.15) is 0 Å². The maximum Gasteiger partial charge on any atom is 0.407 e. The Morgan fingerprint density at radius 2 is 1.04 bits per heavy atom. The lowest BCUT2D eigenvalue weighted by molar-refractivity contribution is -0.133. The van der Waals surface area contributed by atoms with Crippen LogP contribution in [0.4, 0.5) is 16.2 Å². The summed E-state index contributed by atoms with van der Waals surface area (Å²) >= 11 is 0. The average Bonchev–Trinajstić information content (AvgIpc) is 1.57. The predicted octanol–water partition coefficient (Wildman–Crippen LogP) is 8.59. The monoisotopic (exact) mass is 1480 g/mol. The molecule has 9 rings (SSSR count). The van der Waals surface area contributed by atoms with E-state index in [0.29, 0.717) is 113 Å². The second kappa shape index (κ2) is 42.8. The minimum atomic E-state index is -3.80. The summed E-state index contributed by atoms with van der Waals surface area (Å²) in [6, 6.07) is 37.3. The molecule has 1 unspecified atom stereocenters. The Morgan fingerprint density at radius 1 is 0.519 bits per heavy atom. The molecule has 0 saturated heterocycles. The van der Waals surface area contributed by atoms with Gasteiger partial charge in [-0.1, -0.05) is 113 Å². The molecule has 0 saturated carbocycles. The zero-order valence-corrected chi connectivity index (χ0v) is 61.9. The standard InChI is InChI=1S/C77H99N11O17S/c1-57-28-31-62(32-29-57)106(95,96)55-61(105-77(94)78-2)20-7-14-27-70(91)84(37-44-100-48-47-99-41-16-42-104-56-88-76-66-24-11-13-26-68(66)85(71(92)34-30-60(89)19-15-40-97-3)53-59-18-6-9-22-64(59)74(76)81-83-88)38-45-101-49-51-103-52-50-102-46-39-87-75-65-23-10-12-25-67(65)86(72(93)35-33-69(90)79-36-43-98-4)54-58-17-5-8-21-63(58)73(75)80-82-87/h5-6,8-13,17-18,21-26,28-29,31-32,61H,7,14-16,19-20,27,30,33-56H2,1-4H3,(H,78,94)(H,79,90). The Morgan fingerprint density at radius 3 is 1.63 bits per heavy atom. The van der Waals surface area contributed by atoms with Crippen molar-refractivity contribution in [1.29, 1.82) is 0 Å². The van der Waals surface area contributed by atoms with Crippen LogP contribution in [0.2, 0.25) is 0 Å². The molecule has 2 aromatic heterocycles. The summed E-state index contributed by atoms with van der Waals surface area (Å²) in [7, 11) is 0.762. The van der Waals surface area contributed by atoms with Crippen molar-refractivity contribution in [3.05, 3.63) is 138 Å². The second-order valence-corrected chi connectivity index (χ2v) is 27.6. The van der Waals surface area contributed by atoms with Crippen LogP contribution in [0.3, 0.4) is 0 Å². The van der Waals surface area contributed by atoms with E-state index in [1.165, 1.54) is 19.2 Å². The van der Waals surface area contributed by atoms with Gasteiger partial charge >= 0.3 is 6.09 Å². The normalized spacial score (nSPS) is 12.6. The third-order valence-corrected chi connectivity index (χ3v) is 19.7. The number of anilines is 2. The first-order chi connectivity index (χ1) is 51.7. The van der Waals surface area contributed by atoms with E-state index < -0.39 is 27.8 Å². The number of alkyl carbamates (subject to hydrolysis) is 1. The third-order valence-electron chi connectivity index (χ3n) is 17.9. The highest BCUT2D eigenvalue weighted by Gasteiger charge is 2.32. The number of aromatic nitrogens is 6. The number of nitrogens with one attached hydrogen (secondary N) is 2. The first kappa shape index (κ1) is 80.9. The number of methoxy groups -OCH3 is 2. The third kappa shape index (κ3) is 23.9. The first-order valence-corrected chi connectivity index (χ1v) is 37.8. The molecule has 29 heteroatoms. The van der Waals surface area contributed by atoms with Crippen molar-refractivity contribution in [1.82, 2.24) is 45.5 Å². The van der Waals surface area contributed by atoms with Gasteiger partial charge in [0.25, 0.3) is 0 Å². The fraction of sp³-hybridized carbons (Fsp3) is 0.481. The maximum atomic E-state index is 14.0. The number of para-hydroxylation sites is 2. The van der Waals surface area contributed by atoms with Crippen molar-refractivity contribution in [3.8, 4) is 45.0 Å². The molecule has 106 heavy (non-hydrogen) atoms. The summed E-state index contributed by atoms with van der Waals surface area (Å²) in [4.78, 5) is 84.7. The molecular formula is C77H99N11O17S. The molecule has 2 aliphatic rings. The summed E-state index contributed by atoms with van der Waals surface area (Å²) < 4.78 is 81.7. The molecule has 7 aromatic rings. The van der Waals surface area contributed by atoms with Crippen LogP contribution in [0.15, 0.2) is 126 Å². The molecule has 1 atom stereocenters. The second-order valence-electron chi connectivity index (χ2n) is 25.5. The molecular weight excluding hydrogens is 1380 g/mol. The summed E-state index contributed by atoms with van der Waals surface area (Å²) in [5, 5.41) is 23.5. The number of amides is 5. The molecule has 5 amide bonds. The van der Waals surface area contributed by atoms with Crippen LogP contribution in [0.1, 0.15) is 87.3 Å². The van der Waals surface area contributed by atoms with Crippen LogP contribution in [-0.4, -0.2) is 217 Å². The quantitative estimate of drug-likeness (QED) is 0.0337. The maximum absolute atomic E-state index is 14.0. The number of carbonyl (C=O) groups is 6. The molecule has 28 nitrogen and oxygen atoms in total. The van der Waals surface area contributed by atoms with E-state index in [-0.39, 0.29) is 152 Å². The topological polar surface area (TPSA) is 315 Å². The van der Waals surface area contributed by atoms with Crippen LogP contribution in [0.5, 0.6) is 0 Å². The Kier molecular flexibility index (Phi) is 32.7. The Balaban J connectivity index is 0.717. The van der Waals surface area contributed by atoms with Crippen molar-refractivity contribution in [2.45, 2.75) is 115 Å². The molecule has 5 aromatic carbocycles. The molecule has 0 radical (unpaired) electrons. The summed E-state index contributed by atoms with van der Waals surface area (Å²) in [6.45, 7) is 7.75. The van der Waals surface area contributed by atoms with Crippen molar-refractivity contribution < 1.29 is 79.8 Å². The largest absolute Gasteiger partial charge is 0.445 e. The van der Waals surface area contributed by atoms with Gasteiger partial charge in [0.1, 0.15) is 35.7 Å². The van der Waals surface area contributed by atoms with Gasteiger partial charge < -0.3 is 68.0 Å². The number of ketones is 1. The molecule has 2 aliphatic heterocycles. The SMILES string of the molecule is CNC(=O)OC(CCCCC(=O)N(CCOCCOCCCOCn1nnc2c1-c1ccccc1N(C(=O)CCC(=O)CCCOC)Cc1ccccc1-2)CCOCCOCCOCCn1nnc2c1-c1ccccc1N(C(=O)CCC(=O)NCCOC)Cc1ccccc1-2)CS(=O)(=O)c1ccc(C)cc1. The highest BCUT2D eigenvalue weighted by atomic mass is 32.2. The van der Waals surface area contributed by atoms with Crippen molar-refractivity contribution in [2.24, 2.45) is 0 Å². The van der Waals surface area contributed by atoms with Crippen molar-refractivity contribution >= 4 is 56.7 Å². The summed E-state index contributed by atoms with van der Waals surface area (Å²) in [5.41, 5.74) is 10.1. The number of hydrogen-bond donors (Lipinski definition) is 2. The van der Waals surface area contributed by atoms with Gasteiger partial charge in [-0.25, -0.2) is 22.6 Å². The number of hydrogen-bond acceptors (Lipinski definition) is 21. The highest BCUT2D eigenvalue weighted by molar-refractivity contribution is 7.91. The van der Waals surface area contributed by atoms with Gasteiger partial charge in [0.2, 0.25) is 23.6 Å². The smallest absolute Gasteiger partial charge is 0.407 e. The van der Waals surface area contributed by atoms with Crippen LogP contribution in [0.25, 0.3) is 45.0 Å². The lowest BCUT2D eigenvalue weighted by Crippen LogP contribution is -2.37. The molecule has 0 bridgehead atoms. The number of Topliss-reactive ketones (excluding diaryl/α,β-unsaturated/α-hetero) is 1. The van der Waals surface area contributed by atoms with Gasteiger partial charge in [0.05, 0.1) is 120 Å². The van der Waals surface area contributed by atoms with Gasteiger partial charge in [-0.15, -0.1) is 10.2 Å². The van der Waals surface area contributed by atoms with E-state index >= 15 is 0 Å². The minimum Gasteiger partial charge on any atom is -0.445 e. The van der Waals surface area contributed by atoms with Crippen LogP contribution in [-0.2, 0) is 103 Å². The van der Waals surface area contributed by atoms with Gasteiger partial charge in [0, 0.05) is 115 Å². The Labute approximate surface area is 619 Å². The Bertz CT molecular complexity index is 3900. The number of sulfone groups is 1. The molecule has 0 aliphatic carbocycles. The lowest BCUT2D eigenvalue weighted by atomic mass is 9.95. The van der Waals surface area contributed by atoms with E-state index in [9.17, 15) is 37.2 Å². The number of carbonyl (C=O) groups excluding carboxylic acids is 6. The molecule has 2 N–H and O–H groups in total. The molecule has 0 fully saturated rings. The fourth-order valence-corrected chi connectivity index (χ4v) is 13.9. The number of rotatable bonds is 46. The Hall–Kier alpha value is -9.17. The minimum absolute atomic E-state index is 0.0160. The van der Waals surface area contributed by atoms with E-state index in [4.69, 9.17) is 42.6 Å². The molecule has 570 valence electrons. The summed E-state index contributed by atoms with van der Waals surface area (Å²) in [5.74, 6) is -1.13. The van der Waals surface area contributed by atoms with E-state index in [1.54, 1.807) is 50.4 Å². The molecule has 4 heterocycles. The van der Waals surface area contributed by atoms with E-state index in [1.807, 2.05) is 104 Å². The van der Waals surface area contributed by atoms with Crippen LogP contribution in [0, 0.1) is 6.92 Å². The zero-order chi connectivity index (χ0) is 74.9. The van der Waals surface area contributed by atoms with Crippen molar-refractivity contribution in [3.63, 3.8) is 0 Å². The number of benzene rings is 5. The van der Waals surface area contributed by atoms with Gasteiger partial charge in [0.15, 0.2) is 9.84 Å². The van der Waals surface area contributed by atoms with Gasteiger partial charge in [-0.05, 0) is 74.4 Å². The van der Waals surface area contributed by atoms with E-state index in [2.05, 4.69) is 31.3 Å². The van der Waals surface area contributed by atoms with E-state index in [0.717, 1.165) is 44.6 Å². The lowest BCUT2D eigenvalue weighted by Gasteiger charge is -2.28. The number of aryl methyl sites for hydroxylation is 1. The number of ether oxygens (including phenoxy) is 9. The van der Waals surface area contributed by atoms with Crippen LogP contribution < -0.4 is 20.4 Å². The van der Waals surface area contributed by atoms with Gasteiger partial charge in [-0.3, -0.25) is 24.0 Å². The zero-order valence-electron chi connectivity index (χ0n) is 61.1. The predicted molar refractivity (Wildman–Crippen MR) is 396 cm³/mol. The van der Waals surface area contributed by atoms with Crippen LogP contribution >= 0.6 is 0 Å². The average molecular weight is 1480 g/mol. The number of unbranched alkanes of at least 4 members (excludes halogenated alkanes) is 1. The first-order valence-electron chi connectivity index (χ1n) is 36.2. The summed E-state index contributed by atoms with van der Waals surface area (Å²) in [6.07, 6.45) is 1.27. The number of fused-ring (bicyclic) bond motifs is 10. The number of nitrogens with zero attached hydrogens (tertiary/aromatic N) is 9. The van der Waals surface area contributed by atoms with Crippen molar-refractivity contribution in [2.75, 3.05) is 142 Å². The molecule has 0 spiro atoms. The highest BCUT2D eigenvalue weighted by Crippen LogP contribution is 2.43. The fourth-order valence-electron chi connectivity index (χ4n) is 12.4.